The number of likely N-dealkylation sites (N-methyl/N-ethyl adjacent to an activating group) is 1. The summed E-state index contributed by atoms with van der Waals surface area (Å²) in [4.78, 5) is 2.18. The van der Waals surface area contributed by atoms with Gasteiger partial charge in [0.05, 0.1) is 0 Å². The molecule has 0 aromatic carbocycles. The fraction of sp³-hybridized carbons (Fsp3) is 0.625. The van der Waals surface area contributed by atoms with E-state index in [0.717, 1.165) is 6.54 Å². The van der Waals surface area contributed by atoms with Crippen LogP contribution in [0, 0.1) is 12.8 Å². The monoisotopic (exact) mass is 237 g/mol. The summed E-state index contributed by atoms with van der Waals surface area (Å²) in [7, 11) is 4.19. The number of terminal acetylenes is 1. The van der Waals surface area contributed by atoms with Gasteiger partial charge >= 0.3 is 0 Å². The van der Waals surface area contributed by atoms with Gasteiger partial charge < -0.3 is 4.90 Å². The molecule has 0 aliphatic carbocycles. The summed E-state index contributed by atoms with van der Waals surface area (Å²) in [5, 5.41) is 0. The molecular formula is C16H31N. The summed E-state index contributed by atoms with van der Waals surface area (Å²) in [6.07, 6.45) is 15.0. The topological polar surface area (TPSA) is 3.24 Å². The molecule has 0 rings (SSSR count). The maximum absolute atomic E-state index is 4.00. The lowest BCUT2D eigenvalue weighted by molar-refractivity contribution is 0.455. The van der Waals surface area contributed by atoms with Crippen molar-refractivity contribution in [2.45, 2.75) is 47.5 Å². The van der Waals surface area contributed by atoms with E-state index in [1.807, 2.05) is 13.8 Å². The normalized spacial score (nSPS) is 9.65. The molecule has 0 aromatic heterocycles. The predicted molar refractivity (Wildman–Crippen MR) is 82.2 cm³/mol. The van der Waals surface area contributed by atoms with Gasteiger partial charge in [-0.3, -0.25) is 0 Å². The van der Waals surface area contributed by atoms with E-state index in [4.69, 9.17) is 0 Å². The molecule has 0 fully saturated rings. The first-order valence-electron chi connectivity index (χ1n) is 6.29. The van der Waals surface area contributed by atoms with E-state index >= 15 is 0 Å². The van der Waals surface area contributed by atoms with Crippen LogP contribution in [-0.4, -0.2) is 25.5 Å². The molecular weight excluding hydrogens is 206 g/mol. The largest absolute Gasteiger partial charge is 0.306 e. The maximum Gasteiger partial charge on any atom is 0.0159 e. The van der Waals surface area contributed by atoms with Gasteiger partial charge in [-0.2, -0.15) is 0 Å². The fourth-order valence-electron chi connectivity index (χ4n) is 1.03. The van der Waals surface area contributed by atoms with Crippen LogP contribution >= 0.6 is 0 Å². The molecule has 0 atom stereocenters. The van der Waals surface area contributed by atoms with Gasteiger partial charge in [0.25, 0.3) is 0 Å². The molecule has 0 spiro atoms. The van der Waals surface area contributed by atoms with Crippen LogP contribution in [0.25, 0.3) is 0 Å². The molecule has 0 aliphatic rings. The van der Waals surface area contributed by atoms with Gasteiger partial charge in [-0.05, 0) is 47.7 Å². The van der Waals surface area contributed by atoms with E-state index in [2.05, 4.69) is 64.8 Å². The number of hydrogen-bond acceptors (Lipinski definition) is 1. The van der Waals surface area contributed by atoms with Crippen LogP contribution in [0.15, 0.2) is 23.3 Å². The number of hydrogen-bond donors (Lipinski definition) is 0. The third-order valence-corrected chi connectivity index (χ3v) is 1.90. The highest BCUT2D eigenvalue weighted by atomic mass is 15.0. The van der Waals surface area contributed by atoms with Crippen LogP contribution in [0.2, 0.25) is 0 Å². The Kier molecular flexibility index (Phi) is 21.8. The van der Waals surface area contributed by atoms with E-state index in [1.165, 1.54) is 24.0 Å². The molecule has 1 nitrogen and oxygen atoms in total. The van der Waals surface area contributed by atoms with Gasteiger partial charge in [0.2, 0.25) is 0 Å². The van der Waals surface area contributed by atoms with Crippen LogP contribution in [0.3, 0.4) is 0 Å². The first kappa shape index (κ1) is 21.3. The Balaban J connectivity index is -0.000000439. The summed E-state index contributed by atoms with van der Waals surface area (Å²) in [6, 6.07) is 0. The number of allylic oxidation sites excluding steroid dienone is 3. The van der Waals surface area contributed by atoms with Crippen molar-refractivity contribution in [1.82, 2.24) is 4.90 Å². The molecule has 100 valence electrons. The second-order valence-electron chi connectivity index (χ2n) is 4.13. The molecule has 0 amide bonds. The standard InChI is InChI=1S/C12H23N.C2H6.C2H2/c1-11(2)7-6-8-12(3)9-10-13(4)5;2*1-2/h7,9H,6,8,10H2,1-5H3;1-2H3;1-2H/b12-9+;;. The van der Waals surface area contributed by atoms with Gasteiger partial charge in [-0.25, -0.2) is 0 Å². The van der Waals surface area contributed by atoms with Gasteiger partial charge in [0, 0.05) is 6.54 Å². The lowest BCUT2D eigenvalue weighted by atomic mass is 10.1. The summed E-state index contributed by atoms with van der Waals surface area (Å²) in [6.45, 7) is 11.6. The lowest BCUT2D eigenvalue weighted by Crippen LogP contribution is -2.10. The second-order valence-corrected chi connectivity index (χ2v) is 4.13. The van der Waals surface area contributed by atoms with Crippen molar-refractivity contribution in [3.05, 3.63) is 23.3 Å². The van der Waals surface area contributed by atoms with Crippen LogP contribution in [0.1, 0.15) is 47.5 Å². The molecule has 1 heteroatoms. The quantitative estimate of drug-likeness (QED) is 0.502. The van der Waals surface area contributed by atoms with Crippen LogP contribution in [0.4, 0.5) is 0 Å². The van der Waals surface area contributed by atoms with Crippen LogP contribution < -0.4 is 0 Å². The Labute approximate surface area is 110 Å². The van der Waals surface area contributed by atoms with Gasteiger partial charge in [0.1, 0.15) is 0 Å². The Bertz CT molecular complexity index is 215. The van der Waals surface area contributed by atoms with E-state index in [0.29, 0.717) is 0 Å². The Morgan fingerprint density at radius 1 is 1.00 bits per heavy atom. The molecule has 0 saturated heterocycles. The minimum absolute atomic E-state index is 1.06. The zero-order valence-corrected chi connectivity index (χ0v) is 12.9. The van der Waals surface area contributed by atoms with Crippen molar-refractivity contribution in [3.8, 4) is 12.8 Å². The lowest BCUT2D eigenvalue weighted by Gasteiger charge is -2.06. The third-order valence-electron chi connectivity index (χ3n) is 1.90. The summed E-state index contributed by atoms with van der Waals surface area (Å²) >= 11 is 0. The molecule has 0 aromatic rings. The summed E-state index contributed by atoms with van der Waals surface area (Å²) < 4.78 is 0. The maximum atomic E-state index is 4.00. The average molecular weight is 237 g/mol. The highest BCUT2D eigenvalue weighted by Crippen LogP contribution is 2.06. The second kappa shape index (κ2) is 17.4. The SMILES string of the molecule is C#C.CC.CC(C)=CCC/C(C)=C/CN(C)C. The first-order chi connectivity index (χ1) is 8.02. The predicted octanol–water partition coefficient (Wildman–Crippen LogP) is 4.52. The Morgan fingerprint density at radius 2 is 1.47 bits per heavy atom. The first-order valence-corrected chi connectivity index (χ1v) is 6.29. The molecule has 0 N–H and O–H groups in total. The van der Waals surface area contributed by atoms with E-state index in [-0.39, 0.29) is 0 Å². The smallest absolute Gasteiger partial charge is 0.0159 e. The molecule has 0 aliphatic heterocycles. The zero-order chi connectivity index (χ0) is 14.3. The zero-order valence-electron chi connectivity index (χ0n) is 12.9. The van der Waals surface area contributed by atoms with Gasteiger partial charge in [0.15, 0.2) is 0 Å². The van der Waals surface area contributed by atoms with Crippen molar-refractivity contribution >= 4 is 0 Å². The van der Waals surface area contributed by atoms with Crippen LogP contribution in [0.5, 0.6) is 0 Å². The minimum Gasteiger partial charge on any atom is -0.306 e. The van der Waals surface area contributed by atoms with Crippen molar-refractivity contribution in [3.63, 3.8) is 0 Å². The van der Waals surface area contributed by atoms with Crippen LogP contribution in [-0.2, 0) is 0 Å². The Hall–Kier alpha value is -1.00. The number of nitrogens with zero attached hydrogens (tertiary/aromatic N) is 1. The van der Waals surface area contributed by atoms with Gasteiger partial charge in [-0.15, -0.1) is 12.8 Å². The van der Waals surface area contributed by atoms with E-state index in [1.54, 1.807) is 0 Å². The van der Waals surface area contributed by atoms with Gasteiger partial charge in [-0.1, -0.05) is 37.1 Å². The highest BCUT2D eigenvalue weighted by Gasteiger charge is 1.89. The Morgan fingerprint density at radius 3 is 1.82 bits per heavy atom. The minimum atomic E-state index is 1.06. The summed E-state index contributed by atoms with van der Waals surface area (Å²) in [5.74, 6) is 0. The molecule has 0 unspecified atom stereocenters. The number of rotatable bonds is 5. The highest BCUT2D eigenvalue weighted by molar-refractivity contribution is 5.02. The molecule has 0 heterocycles. The molecule has 17 heavy (non-hydrogen) atoms. The van der Waals surface area contributed by atoms with Crippen molar-refractivity contribution < 1.29 is 0 Å². The van der Waals surface area contributed by atoms with E-state index in [9.17, 15) is 0 Å². The summed E-state index contributed by atoms with van der Waals surface area (Å²) in [5.41, 5.74) is 2.91. The van der Waals surface area contributed by atoms with Crippen molar-refractivity contribution in [1.29, 1.82) is 0 Å². The van der Waals surface area contributed by atoms with Crippen molar-refractivity contribution in [2.75, 3.05) is 20.6 Å². The van der Waals surface area contributed by atoms with Crippen molar-refractivity contribution in [2.24, 2.45) is 0 Å². The third kappa shape index (κ3) is 25.4. The average Bonchev–Trinajstić information content (AvgIpc) is 2.31. The molecule has 0 radical (unpaired) electrons. The van der Waals surface area contributed by atoms with E-state index < -0.39 is 0 Å². The molecule has 0 bridgehead atoms. The fourth-order valence-corrected chi connectivity index (χ4v) is 1.03. The molecule has 0 saturated carbocycles.